The Morgan fingerprint density at radius 1 is 1.35 bits per heavy atom. The molecule has 0 aliphatic heterocycles. The van der Waals surface area contributed by atoms with E-state index in [1.165, 1.54) is 19.3 Å². The predicted molar refractivity (Wildman–Crippen MR) is 81.5 cm³/mol. The number of nitrogens with one attached hydrogen (secondary N) is 1. The number of nitrogens with two attached hydrogens (primary N) is 1. The van der Waals surface area contributed by atoms with Crippen LogP contribution in [0.4, 0.5) is 4.39 Å². The minimum absolute atomic E-state index is 0.107. The maximum atomic E-state index is 14.3. The van der Waals surface area contributed by atoms with Crippen LogP contribution in [-0.4, -0.2) is 13.2 Å². The average molecular weight is 345 g/mol. The van der Waals surface area contributed by atoms with Gasteiger partial charge in [0.2, 0.25) is 0 Å². The molecule has 112 valence electrons. The van der Waals surface area contributed by atoms with Crippen molar-refractivity contribution >= 4 is 15.9 Å². The van der Waals surface area contributed by atoms with Crippen LogP contribution in [0.15, 0.2) is 22.7 Å². The van der Waals surface area contributed by atoms with Crippen LogP contribution in [0.5, 0.6) is 0 Å². The van der Waals surface area contributed by atoms with Gasteiger partial charge < -0.3 is 4.74 Å². The first-order valence-electron chi connectivity index (χ1n) is 7.12. The Bertz CT molecular complexity index is 438. The molecule has 3 N–H and O–H groups in total. The van der Waals surface area contributed by atoms with Crippen molar-refractivity contribution < 1.29 is 9.13 Å². The van der Waals surface area contributed by atoms with Crippen LogP contribution in [0, 0.1) is 11.7 Å². The molecule has 0 spiro atoms. The van der Waals surface area contributed by atoms with Gasteiger partial charge in [0.15, 0.2) is 0 Å². The summed E-state index contributed by atoms with van der Waals surface area (Å²) in [6, 6.07) is 4.94. The molecule has 2 atom stereocenters. The second-order valence-corrected chi connectivity index (χ2v) is 6.24. The summed E-state index contributed by atoms with van der Waals surface area (Å²) < 4.78 is 20.4. The summed E-state index contributed by atoms with van der Waals surface area (Å²) >= 11 is 3.23. The molecule has 3 nitrogen and oxygen atoms in total. The van der Waals surface area contributed by atoms with Crippen LogP contribution in [0.2, 0.25) is 0 Å². The van der Waals surface area contributed by atoms with Crippen LogP contribution < -0.4 is 11.3 Å². The second-order valence-electron chi connectivity index (χ2n) is 5.39. The number of hydrogen-bond donors (Lipinski definition) is 2. The third-order valence-corrected chi connectivity index (χ3v) is 4.82. The fourth-order valence-corrected chi connectivity index (χ4v) is 3.57. The van der Waals surface area contributed by atoms with Crippen molar-refractivity contribution in [2.24, 2.45) is 11.8 Å². The lowest BCUT2D eigenvalue weighted by Gasteiger charge is -2.35. The minimum Gasteiger partial charge on any atom is -0.379 e. The zero-order valence-corrected chi connectivity index (χ0v) is 13.3. The lowest BCUT2D eigenvalue weighted by molar-refractivity contribution is 0.00662. The number of ether oxygens (including phenoxy) is 1. The SMILES string of the molecule is COC(C1CCCCC1)C(NN)c1cccc(Br)c1F. The van der Waals surface area contributed by atoms with E-state index in [9.17, 15) is 4.39 Å². The summed E-state index contributed by atoms with van der Waals surface area (Å²) in [5.74, 6) is 5.85. The normalized spacial score (nSPS) is 19.8. The zero-order valence-electron chi connectivity index (χ0n) is 11.7. The van der Waals surface area contributed by atoms with Crippen molar-refractivity contribution in [1.29, 1.82) is 0 Å². The summed E-state index contributed by atoms with van der Waals surface area (Å²) in [5, 5.41) is 0. The molecule has 20 heavy (non-hydrogen) atoms. The van der Waals surface area contributed by atoms with Crippen molar-refractivity contribution in [3.05, 3.63) is 34.1 Å². The van der Waals surface area contributed by atoms with Crippen LogP contribution in [-0.2, 0) is 4.74 Å². The molecule has 2 unspecified atom stereocenters. The average Bonchev–Trinajstić information content (AvgIpc) is 2.49. The third-order valence-electron chi connectivity index (χ3n) is 4.21. The van der Waals surface area contributed by atoms with E-state index in [0.717, 1.165) is 12.8 Å². The fourth-order valence-electron chi connectivity index (χ4n) is 3.19. The summed E-state index contributed by atoms with van der Waals surface area (Å²) in [4.78, 5) is 0. The Labute approximate surface area is 128 Å². The highest BCUT2D eigenvalue weighted by Crippen LogP contribution is 2.35. The predicted octanol–water partition coefficient (Wildman–Crippen LogP) is 3.69. The minimum atomic E-state index is -0.333. The van der Waals surface area contributed by atoms with E-state index in [1.807, 2.05) is 6.07 Å². The molecular formula is C15H22BrFN2O. The van der Waals surface area contributed by atoms with Crippen LogP contribution >= 0.6 is 15.9 Å². The maximum absolute atomic E-state index is 14.3. The first-order valence-corrected chi connectivity index (χ1v) is 7.91. The van der Waals surface area contributed by atoms with Crippen molar-refractivity contribution in [2.75, 3.05) is 7.11 Å². The Kier molecular flexibility index (Phi) is 5.96. The molecule has 1 aromatic rings. The quantitative estimate of drug-likeness (QED) is 0.632. The van der Waals surface area contributed by atoms with Crippen LogP contribution in [0.1, 0.15) is 43.7 Å². The first kappa shape index (κ1) is 15.9. The monoisotopic (exact) mass is 344 g/mol. The summed E-state index contributed by atoms with van der Waals surface area (Å²) in [6.07, 6.45) is 5.83. The van der Waals surface area contributed by atoms with Gasteiger partial charge in [-0.05, 0) is 40.8 Å². The largest absolute Gasteiger partial charge is 0.379 e. The van der Waals surface area contributed by atoms with E-state index >= 15 is 0 Å². The number of halogens is 2. The van der Waals surface area contributed by atoms with Gasteiger partial charge in [-0.3, -0.25) is 11.3 Å². The van der Waals surface area contributed by atoms with Crippen molar-refractivity contribution in [3.8, 4) is 0 Å². The second kappa shape index (κ2) is 7.50. The molecular weight excluding hydrogens is 323 g/mol. The molecule has 1 fully saturated rings. The smallest absolute Gasteiger partial charge is 0.142 e. The van der Waals surface area contributed by atoms with Gasteiger partial charge in [-0.15, -0.1) is 0 Å². The van der Waals surface area contributed by atoms with E-state index < -0.39 is 0 Å². The van der Waals surface area contributed by atoms with Gasteiger partial charge in [0, 0.05) is 12.7 Å². The Hall–Kier alpha value is -0.490. The molecule has 0 bridgehead atoms. The molecule has 1 aliphatic carbocycles. The molecule has 1 aliphatic rings. The zero-order chi connectivity index (χ0) is 14.5. The third kappa shape index (κ3) is 3.39. The van der Waals surface area contributed by atoms with Gasteiger partial charge in [0.25, 0.3) is 0 Å². The van der Waals surface area contributed by atoms with Crippen LogP contribution in [0.3, 0.4) is 0 Å². The van der Waals surface area contributed by atoms with Crippen LogP contribution in [0.25, 0.3) is 0 Å². The van der Waals surface area contributed by atoms with E-state index in [1.54, 1.807) is 19.2 Å². The summed E-state index contributed by atoms with van der Waals surface area (Å²) in [5.41, 5.74) is 3.30. The molecule has 0 aromatic heterocycles. The number of rotatable bonds is 5. The van der Waals surface area contributed by atoms with Gasteiger partial charge in [0.05, 0.1) is 16.6 Å². The molecule has 0 heterocycles. The first-order chi connectivity index (χ1) is 9.69. The van der Waals surface area contributed by atoms with Gasteiger partial charge in [0.1, 0.15) is 5.82 Å². The Morgan fingerprint density at radius 2 is 2.05 bits per heavy atom. The number of methoxy groups -OCH3 is 1. The highest BCUT2D eigenvalue weighted by atomic mass is 79.9. The van der Waals surface area contributed by atoms with E-state index in [-0.39, 0.29) is 18.0 Å². The van der Waals surface area contributed by atoms with E-state index in [4.69, 9.17) is 10.6 Å². The highest BCUT2D eigenvalue weighted by Gasteiger charge is 2.32. The fraction of sp³-hybridized carbons (Fsp3) is 0.600. The molecule has 0 amide bonds. The lowest BCUT2D eigenvalue weighted by Crippen LogP contribution is -2.42. The maximum Gasteiger partial charge on any atom is 0.142 e. The number of benzene rings is 1. The molecule has 1 saturated carbocycles. The van der Waals surface area contributed by atoms with Crippen molar-refractivity contribution in [1.82, 2.24) is 5.43 Å². The molecule has 0 radical (unpaired) electrons. The topological polar surface area (TPSA) is 47.3 Å². The number of hydrogen-bond acceptors (Lipinski definition) is 3. The van der Waals surface area contributed by atoms with E-state index in [2.05, 4.69) is 21.4 Å². The molecule has 2 rings (SSSR count). The summed E-state index contributed by atoms with van der Waals surface area (Å²) in [6.45, 7) is 0. The lowest BCUT2D eigenvalue weighted by atomic mass is 9.81. The van der Waals surface area contributed by atoms with Gasteiger partial charge in [-0.1, -0.05) is 31.4 Å². The molecule has 5 heteroatoms. The van der Waals surface area contributed by atoms with Crippen molar-refractivity contribution in [2.45, 2.75) is 44.2 Å². The van der Waals surface area contributed by atoms with Gasteiger partial charge >= 0.3 is 0 Å². The van der Waals surface area contributed by atoms with Gasteiger partial charge in [-0.25, -0.2) is 4.39 Å². The Morgan fingerprint density at radius 3 is 2.65 bits per heavy atom. The highest BCUT2D eigenvalue weighted by molar-refractivity contribution is 9.10. The standard InChI is InChI=1S/C15H22BrFN2O/c1-20-15(10-6-3-2-4-7-10)14(19-18)11-8-5-9-12(16)13(11)17/h5,8-10,14-15,19H,2-4,6-7,18H2,1H3. The summed E-state index contributed by atoms with van der Waals surface area (Å²) in [7, 11) is 1.68. The number of hydrazine groups is 1. The van der Waals surface area contributed by atoms with Crippen molar-refractivity contribution in [3.63, 3.8) is 0 Å². The molecule has 1 aromatic carbocycles. The Balaban J connectivity index is 2.26. The van der Waals surface area contributed by atoms with E-state index in [0.29, 0.717) is 16.0 Å². The van der Waals surface area contributed by atoms with Gasteiger partial charge in [-0.2, -0.15) is 0 Å². The molecule has 0 saturated heterocycles.